The maximum atomic E-state index is 13.7. The molecule has 0 fully saturated rings. The summed E-state index contributed by atoms with van der Waals surface area (Å²) in [6.07, 6.45) is 0. The lowest BCUT2D eigenvalue weighted by atomic mass is 10.1. The largest absolute Gasteiger partial charge is 0.321 e. The molecule has 1 amide bonds. The van der Waals surface area contributed by atoms with Gasteiger partial charge in [-0.25, -0.2) is 12.8 Å². The van der Waals surface area contributed by atoms with E-state index in [2.05, 4.69) is 10.0 Å². The summed E-state index contributed by atoms with van der Waals surface area (Å²) in [5, 5.41) is 11.7. The van der Waals surface area contributed by atoms with E-state index in [0.717, 1.165) is 6.07 Å². The lowest BCUT2D eigenvalue weighted by molar-refractivity contribution is 0.102. The van der Waals surface area contributed by atoms with Crippen molar-refractivity contribution in [3.05, 3.63) is 89.7 Å². The van der Waals surface area contributed by atoms with Crippen molar-refractivity contribution >= 4 is 27.3 Å². The zero-order valence-electron chi connectivity index (χ0n) is 14.4. The molecule has 0 aromatic heterocycles. The van der Waals surface area contributed by atoms with Gasteiger partial charge in [0.1, 0.15) is 11.9 Å². The van der Waals surface area contributed by atoms with Crippen LogP contribution in [0.3, 0.4) is 0 Å². The molecule has 0 heterocycles. The molecule has 0 unspecified atom stereocenters. The van der Waals surface area contributed by atoms with Crippen molar-refractivity contribution in [3.8, 4) is 6.07 Å². The zero-order valence-corrected chi connectivity index (χ0v) is 15.2. The number of carbonyl (C=O) groups excluding carboxylic acids is 1. The average Bonchev–Trinajstić information content (AvgIpc) is 2.70. The van der Waals surface area contributed by atoms with E-state index in [0.29, 0.717) is 5.69 Å². The predicted octanol–water partition coefficient (Wildman–Crippen LogP) is 3.75. The molecule has 3 aromatic rings. The van der Waals surface area contributed by atoms with Crippen molar-refractivity contribution in [2.24, 2.45) is 0 Å². The molecule has 0 spiro atoms. The number of rotatable bonds is 5. The molecule has 0 aliphatic rings. The van der Waals surface area contributed by atoms with E-state index in [1.807, 2.05) is 6.07 Å². The zero-order chi connectivity index (χ0) is 20.1. The quantitative estimate of drug-likeness (QED) is 0.687. The number of anilines is 2. The number of nitriles is 1. The molecule has 140 valence electrons. The predicted molar refractivity (Wildman–Crippen MR) is 103 cm³/mol. The Bertz CT molecular complexity index is 1190. The van der Waals surface area contributed by atoms with Crippen LogP contribution in [-0.2, 0) is 10.0 Å². The van der Waals surface area contributed by atoms with Gasteiger partial charge in [-0.15, -0.1) is 0 Å². The minimum atomic E-state index is -4.10. The third-order valence-electron chi connectivity index (χ3n) is 3.82. The molecule has 0 bridgehead atoms. The Labute approximate surface area is 161 Å². The van der Waals surface area contributed by atoms with Gasteiger partial charge in [-0.2, -0.15) is 5.26 Å². The summed E-state index contributed by atoms with van der Waals surface area (Å²) in [5.41, 5.74) is 0.470. The second-order valence-electron chi connectivity index (χ2n) is 5.72. The molecule has 0 atom stereocenters. The van der Waals surface area contributed by atoms with Crippen molar-refractivity contribution in [1.29, 1.82) is 5.26 Å². The lowest BCUT2D eigenvalue weighted by Gasteiger charge is -2.11. The van der Waals surface area contributed by atoms with Gasteiger partial charge in [0.15, 0.2) is 0 Å². The van der Waals surface area contributed by atoms with Crippen LogP contribution in [-0.4, -0.2) is 14.3 Å². The summed E-state index contributed by atoms with van der Waals surface area (Å²) in [6, 6.07) is 19.1. The summed E-state index contributed by atoms with van der Waals surface area (Å²) in [5.74, 6) is -1.29. The summed E-state index contributed by atoms with van der Waals surface area (Å²) in [6.45, 7) is 0. The minimum Gasteiger partial charge on any atom is -0.321 e. The van der Waals surface area contributed by atoms with E-state index in [1.165, 1.54) is 42.5 Å². The van der Waals surface area contributed by atoms with Crippen LogP contribution in [0.4, 0.5) is 15.8 Å². The molecule has 0 saturated heterocycles. The summed E-state index contributed by atoms with van der Waals surface area (Å²) in [7, 11) is -4.10. The number of nitrogens with one attached hydrogen (secondary N) is 2. The normalized spacial score (nSPS) is 10.7. The van der Waals surface area contributed by atoms with E-state index in [9.17, 15) is 17.6 Å². The number of para-hydroxylation sites is 2. The molecule has 0 saturated carbocycles. The number of carbonyl (C=O) groups is 1. The number of amides is 1. The first-order valence-corrected chi connectivity index (χ1v) is 9.57. The van der Waals surface area contributed by atoms with Crippen molar-refractivity contribution < 1.29 is 17.6 Å². The van der Waals surface area contributed by atoms with Crippen LogP contribution in [0.15, 0.2) is 77.7 Å². The van der Waals surface area contributed by atoms with Crippen LogP contribution in [0.1, 0.15) is 15.9 Å². The maximum absolute atomic E-state index is 13.7. The van der Waals surface area contributed by atoms with Crippen LogP contribution in [0.25, 0.3) is 0 Å². The summed E-state index contributed by atoms with van der Waals surface area (Å²) >= 11 is 0. The van der Waals surface area contributed by atoms with E-state index in [4.69, 9.17) is 5.26 Å². The fourth-order valence-electron chi connectivity index (χ4n) is 2.44. The summed E-state index contributed by atoms with van der Waals surface area (Å²) in [4.78, 5) is 12.3. The first-order valence-electron chi connectivity index (χ1n) is 8.08. The topological polar surface area (TPSA) is 99.1 Å². The molecule has 8 heteroatoms. The van der Waals surface area contributed by atoms with Crippen LogP contribution < -0.4 is 10.0 Å². The molecule has 0 aliphatic heterocycles. The van der Waals surface area contributed by atoms with Crippen molar-refractivity contribution in [3.63, 3.8) is 0 Å². The van der Waals surface area contributed by atoms with Gasteiger partial charge in [-0.3, -0.25) is 9.52 Å². The van der Waals surface area contributed by atoms with Gasteiger partial charge in [-0.1, -0.05) is 30.3 Å². The number of nitrogens with zero attached hydrogens (tertiary/aromatic N) is 1. The standard InChI is InChI=1S/C20H14FN3O3S/c21-17-9-2-4-11-19(17)24-28(26,27)16-8-5-7-14(12-16)20(25)23-18-10-3-1-6-15(18)13-22/h1-12,24H,(H,23,25). The number of hydrogen-bond acceptors (Lipinski definition) is 4. The summed E-state index contributed by atoms with van der Waals surface area (Å²) < 4.78 is 41.0. The molecule has 2 N–H and O–H groups in total. The Morgan fingerprint density at radius 2 is 1.61 bits per heavy atom. The fourth-order valence-corrected chi connectivity index (χ4v) is 3.55. The van der Waals surface area contributed by atoms with Gasteiger partial charge in [0.2, 0.25) is 0 Å². The molecule has 6 nitrogen and oxygen atoms in total. The number of hydrogen-bond donors (Lipinski definition) is 2. The Balaban J connectivity index is 1.86. The van der Waals surface area contributed by atoms with E-state index in [1.54, 1.807) is 24.3 Å². The van der Waals surface area contributed by atoms with E-state index < -0.39 is 21.7 Å². The fraction of sp³-hybridized carbons (Fsp3) is 0. The lowest BCUT2D eigenvalue weighted by Crippen LogP contribution is -2.16. The van der Waals surface area contributed by atoms with Gasteiger partial charge in [0.05, 0.1) is 21.8 Å². The number of sulfonamides is 1. The molecular weight excluding hydrogens is 381 g/mol. The molecule has 3 aromatic carbocycles. The second kappa shape index (κ2) is 7.90. The van der Waals surface area contributed by atoms with Crippen molar-refractivity contribution in [2.75, 3.05) is 10.0 Å². The number of halogens is 1. The van der Waals surface area contributed by atoms with Gasteiger partial charge in [0, 0.05) is 5.56 Å². The molecule has 3 rings (SSSR count). The number of benzene rings is 3. The van der Waals surface area contributed by atoms with Crippen molar-refractivity contribution in [2.45, 2.75) is 4.90 Å². The first kappa shape index (κ1) is 19.1. The van der Waals surface area contributed by atoms with Gasteiger partial charge < -0.3 is 5.32 Å². The molecule has 0 aliphatic carbocycles. The second-order valence-corrected chi connectivity index (χ2v) is 7.41. The average molecular weight is 395 g/mol. The van der Waals surface area contributed by atoms with E-state index >= 15 is 0 Å². The monoisotopic (exact) mass is 395 g/mol. The Hall–Kier alpha value is -3.70. The van der Waals surface area contributed by atoms with Gasteiger partial charge >= 0.3 is 0 Å². The third kappa shape index (κ3) is 4.16. The molecule has 0 radical (unpaired) electrons. The van der Waals surface area contributed by atoms with E-state index in [-0.39, 0.29) is 21.7 Å². The van der Waals surface area contributed by atoms with Gasteiger partial charge in [0.25, 0.3) is 15.9 Å². The smallest absolute Gasteiger partial charge is 0.262 e. The van der Waals surface area contributed by atoms with Crippen LogP contribution in [0.5, 0.6) is 0 Å². The highest BCUT2D eigenvalue weighted by Gasteiger charge is 2.18. The SMILES string of the molecule is N#Cc1ccccc1NC(=O)c1cccc(S(=O)(=O)Nc2ccccc2F)c1. The molecular formula is C20H14FN3O3S. The minimum absolute atomic E-state index is 0.0733. The van der Waals surface area contributed by atoms with Crippen molar-refractivity contribution in [1.82, 2.24) is 0 Å². The van der Waals surface area contributed by atoms with Crippen LogP contribution in [0.2, 0.25) is 0 Å². The third-order valence-corrected chi connectivity index (χ3v) is 5.18. The Kier molecular flexibility index (Phi) is 5.38. The maximum Gasteiger partial charge on any atom is 0.262 e. The Morgan fingerprint density at radius 3 is 2.32 bits per heavy atom. The Morgan fingerprint density at radius 1 is 0.929 bits per heavy atom. The van der Waals surface area contributed by atoms with Crippen LogP contribution in [0, 0.1) is 17.1 Å². The highest BCUT2D eigenvalue weighted by atomic mass is 32.2. The van der Waals surface area contributed by atoms with Gasteiger partial charge in [-0.05, 0) is 42.5 Å². The molecule has 28 heavy (non-hydrogen) atoms. The van der Waals surface area contributed by atoms with Crippen LogP contribution >= 0.6 is 0 Å². The highest BCUT2D eigenvalue weighted by molar-refractivity contribution is 7.92. The highest BCUT2D eigenvalue weighted by Crippen LogP contribution is 2.20. The first-order chi connectivity index (χ1) is 13.4.